The molecule has 0 N–H and O–H groups in total. The molecule has 0 atom stereocenters. The molecule has 0 unspecified atom stereocenters. The molecule has 0 aliphatic rings. The van der Waals surface area contributed by atoms with Crippen molar-refractivity contribution in [1.82, 2.24) is 0 Å². The second-order valence-corrected chi connectivity index (χ2v) is 0.0745. The third-order valence-electron chi connectivity index (χ3n) is 0. The van der Waals surface area contributed by atoms with Crippen molar-refractivity contribution in [3.63, 3.8) is 0 Å². The first-order chi connectivity index (χ1) is 2.41. The van der Waals surface area contributed by atoms with Crippen molar-refractivity contribution < 1.29 is 69.9 Å². The molecule has 0 rings (SSSR count). The first-order valence-corrected chi connectivity index (χ1v) is 0.589. The Morgan fingerprint density at radius 3 is 1.71 bits per heavy atom. The van der Waals surface area contributed by atoms with Gasteiger partial charge in [-0.05, 0) is 0 Å². The van der Waals surface area contributed by atoms with Crippen LogP contribution in [0.5, 0.6) is 0 Å². The van der Waals surface area contributed by atoms with Crippen LogP contribution in [0.3, 0.4) is 0 Å². The van der Waals surface area contributed by atoms with Gasteiger partial charge in [-0.25, -0.2) is 0 Å². The van der Waals surface area contributed by atoms with Crippen LogP contribution in [0.25, 0.3) is 0 Å². The third-order valence-corrected chi connectivity index (χ3v) is 0. The predicted octanol–water partition coefficient (Wildman–Crippen LogP) is -2.54. The minimum Gasteiger partial charge on any atom is -1.00 e. The van der Waals surface area contributed by atoms with Crippen molar-refractivity contribution in [2.45, 2.75) is 0 Å². The van der Waals surface area contributed by atoms with Gasteiger partial charge >= 0.3 is 51.4 Å². The second-order valence-electron chi connectivity index (χ2n) is 0.0745. The Kier molecular flexibility index (Phi) is 214. The quantitative estimate of drug-likeness (QED) is 0.173. The van der Waals surface area contributed by atoms with Crippen LogP contribution in [0, 0.1) is 21.9 Å². The van der Waals surface area contributed by atoms with E-state index in [1.165, 1.54) is 0 Å². The third kappa shape index (κ3) is 164. The molecule has 0 aromatic carbocycles. The summed E-state index contributed by atoms with van der Waals surface area (Å²) in [5.41, 5.74) is 0. The summed E-state index contributed by atoms with van der Waals surface area (Å²) in [5.74, 6) is 0. The molecule has 0 aliphatic carbocycles. The van der Waals surface area contributed by atoms with Crippen LogP contribution in [0.4, 0.5) is 0 Å². The van der Waals surface area contributed by atoms with E-state index in [-0.39, 0.29) is 69.9 Å². The van der Waals surface area contributed by atoms with Gasteiger partial charge in [0.25, 0.3) is 0 Å². The number of nitrogens with zero attached hydrogens (tertiary/aromatic N) is 2. The van der Waals surface area contributed by atoms with E-state index in [0.717, 1.165) is 5.34 Å². The van der Waals surface area contributed by atoms with Crippen molar-refractivity contribution in [2.24, 2.45) is 5.34 Å². The number of rotatable bonds is 0. The molecule has 38 valence electrons. The van der Waals surface area contributed by atoms with Crippen LogP contribution in [0.1, 0.15) is 1.43 Å². The van der Waals surface area contributed by atoms with Gasteiger partial charge in [0, 0.05) is 17.1 Å². The summed E-state index contributed by atoms with van der Waals surface area (Å²) in [5, 5.41) is 15.2. The van der Waals surface area contributed by atoms with Gasteiger partial charge in [-0.3, -0.25) is 0 Å². The van der Waals surface area contributed by atoms with Gasteiger partial charge in [0.15, 0.2) is 0 Å². The molecule has 0 saturated carbocycles. The standard InChI is InChI=1S/CN.Fe.K.HNO2.H/c1-2;;;2-1-3;/h;;;(H,2,3);/q-1;;+1;;-1/p-1. The molecule has 0 amide bonds. The fraction of sp³-hybridized carbons (Fsp3) is 0. The minimum absolute atomic E-state index is 0. The van der Waals surface area contributed by atoms with Crippen LogP contribution in [0.15, 0.2) is 5.34 Å². The summed E-state index contributed by atoms with van der Waals surface area (Å²) in [6.45, 7) is 4.75. The normalized spacial score (nSPS) is 2.00. The molecule has 0 spiro atoms. The topological polar surface area (TPSA) is 76.3 Å². The molecule has 6 heteroatoms. The molecule has 0 saturated heterocycles. The first kappa shape index (κ1) is 24.4. The SMILES string of the molecule is O=N[O-].[C-]#N.[Fe].[H-].[K+]. The Bertz CT molecular complexity index is 44.3. The molecule has 0 fully saturated rings. The molecular weight excluding hydrogens is 167 g/mol. The summed E-state index contributed by atoms with van der Waals surface area (Å²) < 4.78 is 0. The van der Waals surface area contributed by atoms with E-state index in [1.807, 2.05) is 0 Å². The van der Waals surface area contributed by atoms with Gasteiger partial charge in [0.1, 0.15) is 0 Å². The van der Waals surface area contributed by atoms with Gasteiger partial charge in [-0.1, -0.05) is 0 Å². The smallest absolute Gasteiger partial charge is 1.00 e. The van der Waals surface area contributed by atoms with Crippen LogP contribution >= 0.6 is 0 Å². The number of hydrogen-bond acceptors (Lipinski definition) is 4. The molecule has 4 nitrogen and oxygen atoms in total. The molecule has 0 aromatic heterocycles. The van der Waals surface area contributed by atoms with E-state index in [0.29, 0.717) is 0 Å². The predicted molar refractivity (Wildman–Crippen MR) is 15.2 cm³/mol. The van der Waals surface area contributed by atoms with E-state index in [2.05, 4.69) is 0 Å². The molecular formula is CHFeKN2O2-2. The van der Waals surface area contributed by atoms with Crippen molar-refractivity contribution in [2.75, 3.05) is 0 Å². The average Bonchev–Trinajstić information content (AvgIpc) is 1.46. The Morgan fingerprint density at radius 1 is 1.71 bits per heavy atom. The summed E-state index contributed by atoms with van der Waals surface area (Å²) >= 11 is 0. The van der Waals surface area contributed by atoms with Crippen LogP contribution < -0.4 is 51.4 Å². The van der Waals surface area contributed by atoms with Crippen molar-refractivity contribution in [3.05, 3.63) is 16.7 Å². The first-order valence-electron chi connectivity index (χ1n) is 0.589. The van der Waals surface area contributed by atoms with Crippen LogP contribution in [-0.2, 0) is 17.1 Å². The van der Waals surface area contributed by atoms with Gasteiger partial charge in [0.2, 0.25) is 0 Å². The fourth-order valence-electron chi connectivity index (χ4n) is 0. The second kappa shape index (κ2) is 61.5. The van der Waals surface area contributed by atoms with Gasteiger partial charge < -0.3 is 23.4 Å². The fourth-order valence-corrected chi connectivity index (χ4v) is 0. The largest absolute Gasteiger partial charge is 1.00 e. The Morgan fingerprint density at radius 2 is 1.71 bits per heavy atom. The zero-order valence-electron chi connectivity index (χ0n) is 4.56. The Hall–Kier alpha value is 1.05. The summed E-state index contributed by atoms with van der Waals surface area (Å²) in [4.78, 5) is 8.00. The van der Waals surface area contributed by atoms with Crippen molar-refractivity contribution >= 4 is 0 Å². The zero-order chi connectivity index (χ0) is 4.71. The molecule has 0 aliphatic heterocycles. The number of hydrogen-bond donors (Lipinski definition) is 0. The van der Waals surface area contributed by atoms with Crippen molar-refractivity contribution in [1.29, 1.82) is 5.26 Å². The van der Waals surface area contributed by atoms with Crippen molar-refractivity contribution in [3.8, 4) is 0 Å². The molecule has 0 bridgehead atoms. The maximum atomic E-state index is 8.00. The van der Waals surface area contributed by atoms with Gasteiger partial charge in [0.05, 0.1) is 0 Å². The maximum Gasteiger partial charge on any atom is 1.00 e. The van der Waals surface area contributed by atoms with E-state index in [4.69, 9.17) is 21.9 Å². The summed E-state index contributed by atoms with van der Waals surface area (Å²) in [6.07, 6.45) is 0. The van der Waals surface area contributed by atoms with Gasteiger partial charge in [-0.15, -0.1) is 5.34 Å². The summed E-state index contributed by atoms with van der Waals surface area (Å²) in [6, 6.07) is 0. The minimum atomic E-state index is 0. The molecule has 0 heterocycles. The average molecular weight is 168 g/mol. The molecule has 0 radical (unpaired) electrons. The zero-order valence-corrected chi connectivity index (χ0v) is 7.79. The van der Waals surface area contributed by atoms with Gasteiger partial charge in [-0.2, -0.15) is 0 Å². The monoisotopic (exact) mass is 168 g/mol. The summed E-state index contributed by atoms with van der Waals surface area (Å²) in [7, 11) is 0. The maximum absolute atomic E-state index is 8.00. The van der Waals surface area contributed by atoms with E-state index in [9.17, 15) is 0 Å². The molecule has 0 aromatic rings. The van der Waals surface area contributed by atoms with E-state index < -0.39 is 0 Å². The van der Waals surface area contributed by atoms with Crippen LogP contribution in [0.2, 0.25) is 0 Å². The van der Waals surface area contributed by atoms with E-state index >= 15 is 0 Å². The Balaban J connectivity index is -0.00000000567. The van der Waals surface area contributed by atoms with Crippen LogP contribution in [-0.4, -0.2) is 0 Å². The Labute approximate surface area is 95.6 Å². The van der Waals surface area contributed by atoms with E-state index in [1.54, 1.807) is 0 Å². The molecule has 7 heavy (non-hydrogen) atoms.